The summed E-state index contributed by atoms with van der Waals surface area (Å²) in [6, 6.07) is 10.9. The van der Waals surface area contributed by atoms with Gasteiger partial charge in [0.1, 0.15) is 6.54 Å². The van der Waals surface area contributed by atoms with E-state index in [4.69, 9.17) is 0 Å². The van der Waals surface area contributed by atoms with Crippen molar-refractivity contribution in [3.8, 4) is 0 Å². The number of rotatable bonds is 5. The average Bonchev–Trinajstić information content (AvgIpc) is 2.55. The van der Waals surface area contributed by atoms with Crippen molar-refractivity contribution in [1.82, 2.24) is 0 Å². The van der Waals surface area contributed by atoms with Crippen LogP contribution in [0.25, 0.3) is 0 Å². The summed E-state index contributed by atoms with van der Waals surface area (Å²) in [5, 5.41) is 2.30. The van der Waals surface area contributed by atoms with Gasteiger partial charge in [-0.1, -0.05) is 30.3 Å². The molecule has 0 aliphatic rings. The predicted molar refractivity (Wildman–Crippen MR) is 81.4 cm³/mol. The van der Waals surface area contributed by atoms with E-state index in [0.29, 0.717) is 6.54 Å². The Morgan fingerprint density at radius 3 is 2.39 bits per heavy atom. The molecule has 0 radical (unpaired) electrons. The highest BCUT2D eigenvalue weighted by Crippen LogP contribution is 2.19. The first-order chi connectivity index (χ1) is 10.9. The topological polar surface area (TPSA) is 33.5 Å². The molecule has 0 aliphatic carbocycles. The molecule has 0 saturated carbocycles. The van der Waals surface area contributed by atoms with Crippen molar-refractivity contribution >= 4 is 11.6 Å². The van der Waals surface area contributed by atoms with Crippen molar-refractivity contribution in [2.75, 3.05) is 12.4 Å². The fourth-order valence-electron chi connectivity index (χ4n) is 2.16. The van der Waals surface area contributed by atoms with E-state index in [-0.39, 0.29) is 5.69 Å². The standard InChI is InChI=1S/C17H17F3N2O/c1-11(22(2)10-12-6-4-3-5-7-12)17(23)21-14-9-8-13(18)15(19)16(14)20/h3-9,11H,10H2,1-2H3,(H,21,23)/p+1/t11-/m1/s1. The maximum absolute atomic E-state index is 13.6. The number of likely N-dealkylation sites (N-methyl/N-ethyl adjacent to an activating group) is 1. The van der Waals surface area contributed by atoms with Crippen LogP contribution in [0.4, 0.5) is 18.9 Å². The predicted octanol–water partition coefficient (Wildman–Crippen LogP) is 2.15. The fraction of sp³-hybridized carbons (Fsp3) is 0.235. The molecule has 3 nitrogen and oxygen atoms in total. The summed E-state index contributed by atoms with van der Waals surface area (Å²) in [6.07, 6.45) is 0. The lowest BCUT2D eigenvalue weighted by Gasteiger charge is -2.21. The normalized spacial score (nSPS) is 13.4. The molecular formula is C17H18F3N2O+. The van der Waals surface area contributed by atoms with Crippen LogP contribution in [0, 0.1) is 17.5 Å². The van der Waals surface area contributed by atoms with Crippen LogP contribution < -0.4 is 10.2 Å². The molecule has 0 heterocycles. The Labute approximate surface area is 132 Å². The van der Waals surface area contributed by atoms with Crippen molar-refractivity contribution in [2.45, 2.75) is 19.5 Å². The molecular weight excluding hydrogens is 305 g/mol. The molecule has 2 aromatic rings. The monoisotopic (exact) mass is 323 g/mol. The van der Waals surface area contributed by atoms with Crippen LogP contribution in [0.1, 0.15) is 12.5 Å². The molecule has 2 aromatic carbocycles. The lowest BCUT2D eigenvalue weighted by Crippen LogP contribution is -3.12. The number of halogens is 3. The van der Waals surface area contributed by atoms with Crippen molar-refractivity contribution in [3.63, 3.8) is 0 Å². The minimum atomic E-state index is -1.60. The van der Waals surface area contributed by atoms with Gasteiger partial charge in [-0.3, -0.25) is 4.79 Å². The first-order valence-electron chi connectivity index (χ1n) is 7.20. The molecule has 1 unspecified atom stereocenters. The molecule has 23 heavy (non-hydrogen) atoms. The third-order valence-corrected chi connectivity index (χ3v) is 3.75. The third-order valence-electron chi connectivity index (χ3n) is 3.75. The van der Waals surface area contributed by atoms with E-state index in [1.807, 2.05) is 37.4 Å². The fourth-order valence-corrected chi connectivity index (χ4v) is 2.16. The zero-order valence-corrected chi connectivity index (χ0v) is 12.9. The number of carbonyl (C=O) groups excluding carboxylic acids is 1. The Morgan fingerprint density at radius 1 is 1.09 bits per heavy atom. The van der Waals surface area contributed by atoms with Gasteiger partial charge in [0.2, 0.25) is 0 Å². The van der Waals surface area contributed by atoms with Gasteiger partial charge in [-0.05, 0) is 19.1 Å². The van der Waals surface area contributed by atoms with Crippen molar-refractivity contribution in [1.29, 1.82) is 0 Å². The van der Waals surface area contributed by atoms with Gasteiger partial charge in [-0.15, -0.1) is 0 Å². The number of nitrogens with one attached hydrogen (secondary N) is 2. The number of anilines is 1. The SMILES string of the molecule is C[C@H](C(=O)Nc1ccc(F)c(F)c1F)[NH+](C)Cc1ccccc1. The number of quaternary nitrogens is 1. The number of benzene rings is 2. The minimum Gasteiger partial charge on any atom is -0.324 e. The van der Waals surface area contributed by atoms with Crippen molar-refractivity contribution < 1.29 is 22.9 Å². The first kappa shape index (κ1) is 17.0. The highest BCUT2D eigenvalue weighted by Gasteiger charge is 2.24. The van der Waals surface area contributed by atoms with Gasteiger partial charge in [0.25, 0.3) is 5.91 Å². The number of hydrogen-bond acceptors (Lipinski definition) is 1. The Bertz CT molecular complexity index is 692. The third kappa shape index (κ3) is 4.10. The Hall–Kier alpha value is -2.34. The van der Waals surface area contributed by atoms with Crippen molar-refractivity contribution in [3.05, 3.63) is 65.5 Å². The first-order valence-corrected chi connectivity index (χ1v) is 7.20. The molecule has 2 N–H and O–H groups in total. The van der Waals surface area contributed by atoms with Crippen LogP contribution in [0.2, 0.25) is 0 Å². The van der Waals surface area contributed by atoms with Gasteiger partial charge in [0.05, 0.1) is 12.7 Å². The highest BCUT2D eigenvalue weighted by molar-refractivity contribution is 5.93. The zero-order valence-electron chi connectivity index (χ0n) is 12.9. The maximum atomic E-state index is 13.6. The van der Waals surface area contributed by atoms with Crippen molar-refractivity contribution in [2.24, 2.45) is 0 Å². The molecule has 2 rings (SSSR count). The maximum Gasteiger partial charge on any atom is 0.282 e. The summed E-state index contributed by atoms with van der Waals surface area (Å²) in [7, 11) is 1.83. The van der Waals surface area contributed by atoms with Crippen LogP contribution in [0.15, 0.2) is 42.5 Å². The Kier molecular flexibility index (Phi) is 5.39. The van der Waals surface area contributed by atoms with Crippen LogP contribution in [-0.2, 0) is 11.3 Å². The lowest BCUT2D eigenvalue weighted by atomic mass is 10.2. The Balaban J connectivity index is 2.04. The van der Waals surface area contributed by atoms with Crippen LogP contribution in [0.3, 0.4) is 0 Å². The summed E-state index contributed by atoms with van der Waals surface area (Å²) in [5.74, 6) is -4.75. The van der Waals surface area contributed by atoms with Crippen LogP contribution in [-0.4, -0.2) is 19.0 Å². The van der Waals surface area contributed by atoms with Gasteiger partial charge in [-0.25, -0.2) is 13.2 Å². The molecule has 2 atom stereocenters. The molecule has 0 spiro atoms. The largest absolute Gasteiger partial charge is 0.324 e. The second-order valence-corrected chi connectivity index (χ2v) is 5.44. The lowest BCUT2D eigenvalue weighted by molar-refractivity contribution is -0.907. The molecule has 1 amide bonds. The van der Waals surface area contributed by atoms with E-state index in [9.17, 15) is 18.0 Å². The van der Waals surface area contributed by atoms with E-state index >= 15 is 0 Å². The van der Waals surface area contributed by atoms with E-state index < -0.39 is 29.4 Å². The van der Waals surface area contributed by atoms with Gasteiger partial charge in [0, 0.05) is 5.56 Å². The molecule has 0 aliphatic heterocycles. The molecule has 0 bridgehead atoms. The summed E-state index contributed by atoms with van der Waals surface area (Å²) in [4.78, 5) is 13.1. The summed E-state index contributed by atoms with van der Waals surface area (Å²) in [6.45, 7) is 2.29. The van der Waals surface area contributed by atoms with Crippen LogP contribution >= 0.6 is 0 Å². The highest BCUT2D eigenvalue weighted by atomic mass is 19.2. The smallest absolute Gasteiger partial charge is 0.282 e. The average molecular weight is 323 g/mol. The van der Waals surface area contributed by atoms with E-state index in [2.05, 4.69) is 5.32 Å². The summed E-state index contributed by atoms with van der Waals surface area (Å²) >= 11 is 0. The minimum absolute atomic E-state index is 0.367. The molecule has 0 aromatic heterocycles. The Morgan fingerprint density at radius 2 is 1.74 bits per heavy atom. The molecule has 0 fully saturated rings. The quantitative estimate of drug-likeness (QED) is 0.812. The van der Waals surface area contributed by atoms with E-state index in [1.165, 1.54) is 0 Å². The summed E-state index contributed by atoms with van der Waals surface area (Å²) in [5.41, 5.74) is 0.692. The molecule has 0 saturated heterocycles. The summed E-state index contributed by atoms with van der Waals surface area (Å²) < 4.78 is 39.7. The number of hydrogen-bond donors (Lipinski definition) is 2. The second kappa shape index (κ2) is 7.28. The zero-order chi connectivity index (χ0) is 17.0. The second-order valence-electron chi connectivity index (χ2n) is 5.44. The van der Waals surface area contributed by atoms with Gasteiger partial charge in [0.15, 0.2) is 23.5 Å². The van der Waals surface area contributed by atoms with E-state index in [0.717, 1.165) is 22.6 Å². The molecule has 6 heteroatoms. The van der Waals surface area contributed by atoms with Gasteiger partial charge < -0.3 is 10.2 Å². The van der Waals surface area contributed by atoms with E-state index in [1.54, 1.807) is 6.92 Å². The molecule has 122 valence electrons. The number of carbonyl (C=O) groups is 1. The number of amides is 1. The van der Waals surface area contributed by atoms with Gasteiger partial charge in [-0.2, -0.15) is 0 Å². The van der Waals surface area contributed by atoms with Gasteiger partial charge >= 0.3 is 0 Å². The van der Waals surface area contributed by atoms with Crippen LogP contribution in [0.5, 0.6) is 0 Å².